The van der Waals surface area contributed by atoms with E-state index in [4.69, 9.17) is 16.3 Å². The van der Waals surface area contributed by atoms with Gasteiger partial charge in [0.05, 0.1) is 18.2 Å². The zero-order valence-electron chi connectivity index (χ0n) is 8.03. The first-order chi connectivity index (χ1) is 6.66. The molecule has 0 aliphatic carbocycles. The maximum absolute atomic E-state index is 11.3. The predicted molar refractivity (Wildman–Crippen MR) is 52.1 cm³/mol. The molecule has 1 atom stereocenters. The van der Waals surface area contributed by atoms with Gasteiger partial charge in [-0.25, -0.2) is 4.98 Å². The standard InChI is InChI=1S/C9H11ClN2O2/c1-3-14-9(13)6(2)7-8(10)12-5-4-11-7/h4-6H,3H2,1-2H3. The number of rotatable bonds is 3. The molecule has 0 spiro atoms. The highest BCUT2D eigenvalue weighted by atomic mass is 35.5. The second-order valence-corrected chi connectivity index (χ2v) is 3.06. The number of nitrogens with zero attached hydrogens (tertiary/aromatic N) is 2. The quantitative estimate of drug-likeness (QED) is 0.720. The maximum Gasteiger partial charge on any atom is 0.314 e. The van der Waals surface area contributed by atoms with E-state index < -0.39 is 5.92 Å². The Balaban J connectivity index is 2.84. The van der Waals surface area contributed by atoms with Crippen LogP contribution in [0.25, 0.3) is 0 Å². The van der Waals surface area contributed by atoms with Gasteiger partial charge in [-0.3, -0.25) is 9.78 Å². The van der Waals surface area contributed by atoms with Gasteiger partial charge in [-0.2, -0.15) is 0 Å². The average Bonchev–Trinajstić information content (AvgIpc) is 2.18. The Morgan fingerprint density at radius 1 is 1.57 bits per heavy atom. The van der Waals surface area contributed by atoms with E-state index in [9.17, 15) is 4.79 Å². The summed E-state index contributed by atoms with van der Waals surface area (Å²) in [7, 11) is 0. The number of carbonyl (C=O) groups is 1. The normalized spacial score (nSPS) is 12.2. The third kappa shape index (κ3) is 2.42. The summed E-state index contributed by atoms with van der Waals surface area (Å²) in [5.41, 5.74) is 0.451. The van der Waals surface area contributed by atoms with Crippen molar-refractivity contribution in [3.05, 3.63) is 23.2 Å². The molecule has 0 fully saturated rings. The van der Waals surface area contributed by atoms with Gasteiger partial charge in [-0.05, 0) is 13.8 Å². The van der Waals surface area contributed by atoms with Crippen molar-refractivity contribution in [1.29, 1.82) is 0 Å². The zero-order chi connectivity index (χ0) is 10.6. The Morgan fingerprint density at radius 3 is 2.79 bits per heavy atom. The van der Waals surface area contributed by atoms with E-state index in [1.54, 1.807) is 13.8 Å². The largest absolute Gasteiger partial charge is 0.465 e. The molecule has 14 heavy (non-hydrogen) atoms. The number of hydrogen-bond donors (Lipinski definition) is 0. The Morgan fingerprint density at radius 2 is 2.21 bits per heavy atom. The van der Waals surface area contributed by atoms with Crippen molar-refractivity contribution < 1.29 is 9.53 Å². The molecule has 0 saturated heterocycles. The summed E-state index contributed by atoms with van der Waals surface area (Å²) in [4.78, 5) is 19.2. The highest BCUT2D eigenvalue weighted by Crippen LogP contribution is 2.20. The second kappa shape index (κ2) is 4.91. The van der Waals surface area contributed by atoms with Gasteiger partial charge >= 0.3 is 5.97 Å². The number of halogens is 1. The molecule has 0 aromatic carbocycles. The number of aromatic nitrogens is 2. The van der Waals surface area contributed by atoms with Crippen LogP contribution >= 0.6 is 11.6 Å². The molecule has 0 aliphatic rings. The van der Waals surface area contributed by atoms with Gasteiger partial charge in [-0.1, -0.05) is 11.6 Å². The lowest BCUT2D eigenvalue weighted by molar-refractivity contribution is -0.144. The minimum atomic E-state index is -0.476. The number of ether oxygens (including phenoxy) is 1. The lowest BCUT2D eigenvalue weighted by atomic mass is 10.1. The van der Waals surface area contributed by atoms with E-state index in [1.807, 2.05) is 0 Å². The van der Waals surface area contributed by atoms with Crippen LogP contribution in [-0.4, -0.2) is 22.5 Å². The summed E-state index contributed by atoms with van der Waals surface area (Å²) < 4.78 is 4.85. The molecule has 0 N–H and O–H groups in total. The first-order valence-electron chi connectivity index (χ1n) is 4.29. The lowest BCUT2D eigenvalue weighted by Crippen LogP contribution is -2.14. The van der Waals surface area contributed by atoms with Crippen LogP contribution in [-0.2, 0) is 9.53 Å². The molecule has 1 heterocycles. The molecule has 1 aromatic rings. The molecular formula is C9H11ClN2O2. The molecule has 0 amide bonds. The van der Waals surface area contributed by atoms with Crippen LogP contribution in [0.4, 0.5) is 0 Å². The molecule has 1 rings (SSSR count). The summed E-state index contributed by atoms with van der Waals surface area (Å²) in [5, 5.41) is 0.244. The van der Waals surface area contributed by atoms with Gasteiger partial charge in [0, 0.05) is 12.4 Å². The van der Waals surface area contributed by atoms with Gasteiger partial charge in [0.2, 0.25) is 0 Å². The summed E-state index contributed by atoms with van der Waals surface area (Å²) >= 11 is 5.78. The van der Waals surface area contributed by atoms with Gasteiger partial charge in [0.25, 0.3) is 0 Å². The molecule has 4 nitrogen and oxygen atoms in total. The highest BCUT2D eigenvalue weighted by Gasteiger charge is 2.20. The topological polar surface area (TPSA) is 52.1 Å². The predicted octanol–water partition coefficient (Wildman–Crippen LogP) is 1.80. The van der Waals surface area contributed by atoms with E-state index in [2.05, 4.69) is 9.97 Å². The fourth-order valence-corrected chi connectivity index (χ4v) is 1.27. The number of carbonyl (C=O) groups excluding carboxylic acids is 1. The van der Waals surface area contributed by atoms with Gasteiger partial charge in [0.1, 0.15) is 0 Å². The smallest absolute Gasteiger partial charge is 0.314 e. The Kier molecular flexibility index (Phi) is 3.83. The van der Waals surface area contributed by atoms with Crippen molar-refractivity contribution in [2.24, 2.45) is 0 Å². The van der Waals surface area contributed by atoms with Gasteiger partial charge in [0.15, 0.2) is 5.15 Å². The van der Waals surface area contributed by atoms with Crippen LogP contribution in [0.3, 0.4) is 0 Å². The van der Waals surface area contributed by atoms with Crippen molar-refractivity contribution in [2.75, 3.05) is 6.61 Å². The average molecular weight is 215 g/mol. The fourth-order valence-electron chi connectivity index (χ4n) is 1.00. The third-order valence-corrected chi connectivity index (χ3v) is 2.02. The molecule has 0 saturated carbocycles. The minimum Gasteiger partial charge on any atom is -0.465 e. The van der Waals surface area contributed by atoms with E-state index in [0.717, 1.165) is 0 Å². The SMILES string of the molecule is CCOC(=O)C(C)c1nccnc1Cl. The van der Waals surface area contributed by atoms with E-state index >= 15 is 0 Å². The molecule has 5 heteroatoms. The molecular weight excluding hydrogens is 204 g/mol. The second-order valence-electron chi connectivity index (χ2n) is 2.71. The van der Waals surface area contributed by atoms with Crippen LogP contribution in [0, 0.1) is 0 Å². The maximum atomic E-state index is 11.3. The van der Waals surface area contributed by atoms with Crippen molar-refractivity contribution in [3.8, 4) is 0 Å². The first kappa shape index (κ1) is 10.9. The summed E-state index contributed by atoms with van der Waals surface area (Å²) in [5.74, 6) is -0.814. The van der Waals surface area contributed by atoms with Crippen molar-refractivity contribution in [3.63, 3.8) is 0 Å². The first-order valence-corrected chi connectivity index (χ1v) is 4.67. The van der Waals surface area contributed by atoms with E-state index in [0.29, 0.717) is 12.3 Å². The number of esters is 1. The van der Waals surface area contributed by atoms with Crippen LogP contribution in [0.15, 0.2) is 12.4 Å². The Hall–Kier alpha value is -1.16. The van der Waals surface area contributed by atoms with Crippen LogP contribution in [0.1, 0.15) is 25.5 Å². The summed E-state index contributed by atoms with van der Waals surface area (Å²) in [6.07, 6.45) is 2.97. The zero-order valence-corrected chi connectivity index (χ0v) is 8.78. The highest BCUT2D eigenvalue weighted by molar-refractivity contribution is 6.30. The monoisotopic (exact) mass is 214 g/mol. The van der Waals surface area contributed by atoms with Crippen molar-refractivity contribution in [2.45, 2.75) is 19.8 Å². The molecule has 0 bridgehead atoms. The number of hydrogen-bond acceptors (Lipinski definition) is 4. The van der Waals surface area contributed by atoms with Gasteiger partial charge < -0.3 is 4.74 Å². The Labute approximate surface area is 87.3 Å². The van der Waals surface area contributed by atoms with Gasteiger partial charge in [-0.15, -0.1) is 0 Å². The third-order valence-electron chi connectivity index (χ3n) is 1.73. The van der Waals surface area contributed by atoms with Crippen LogP contribution in [0.5, 0.6) is 0 Å². The van der Waals surface area contributed by atoms with Crippen LogP contribution in [0.2, 0.25) is 5.15 Å². The van der Waals surface area contributed by atoms with E-state index in [1.165, 1.54) is 12.4 Å². The van der Waals surface area contributed by atoms with Crippen molar-refractivity contribution >= 4 is 17.6 Å². The summed E-state index contributed by atoms with van der Waals surface area (Å²) in [6.45, 7) is 3.79. The van der Waals surface area contributed by atoms with E-state index in [-0.39, 0.29) is 11.1 Å². The minimum absolute atomic E-state index is 0.244. The molecule has 0 aliphatic heterocycles. The molecule has 1 aromatic heterocycles. The lowest BCUT2D eigenvalue weighted by Gasteiger charge is -2.09. The molecule has 0 radical (unpaired) electrons. The molecule has 76 valence electrons. The van der Waals surface area contributed by atoms with Crippen LogP contribution < -0.4 is 0 Å². The van der Waals surface area contributed by atoms with Crippen molar-refractivity contribution in [1.82, 2.24) is 9.97 Å². The summed E-state index contributed by atoms with van der Waals surface area (Å²) in [6, 6.07) is 0. The molecule has 1 unspecified atom stereocenters. The Bertz CT molecular complexity index is 330. The fraction of sp³-hybridized carbons (Fsp3) is 0.444.